The summed E-state index contributed by atoms with van der Waals surface area (Å²) in [4.78, 5) is 2.31. The molecule has 1 unspecified atom stereocenters. The quantitative estimate of drug-likeness (QED) is 0.776. The first-order valence-electron chi connectivity index (χ1n) is 6.67. The van der Waals surface area contributed by atoms with E-state index in [-0.39, 0.29) is 6.04 Å². The van der Waals surface area contributed by atoms with Crippen LogP contribution in [0.15, 0.2) is 24.3 Å². The fraction of sp³-hybridized carbons (Fsp3) is 0.500. The normalized spacial score (nSPS) is 16.6. The topological polar surface area (TPSA) is 29.3 Å². The van der Waals surface area contributed by atoms with E-state index in [2.05, 4.69) is 42.0 Å². The summed E-state index contributed by atoms with van der Waals surface area (Å²) in [5, 5.41) is 0. The molecule has 0 amide bonds. The van der Waals surface area contributed by atoms with E-state index in [1.165, 1.54) is 24.0 Å². The largest absolute Gasteiger partial charge is 0.323 e. The summed E-state index contributed by atoms with van der Waals surface area (Å²) in [6.45, 7) is 4.75. The molecule has 0 spiro atoms. The second-order valence-electron chi connectivity index (χ2n) is 5.36. The molecule has 0 radical (unpaired) electrons. The lowest BCUT2D eigenvalue weighted by Crippen LogP contribution is -2.34. The van der Waals surface area contributed by atoms with Gasteiger partial charge in [0.05, 0.1) is 6.54 Å². The Hall–Kier alpha value is -1.30. The van der Waals surface area contributed by atoms with Crippen molar-refractivity contribution in [1.29, 1.82) is 0 Å². The van der Waals surface area contributed by atoms with Gasteiger partial charge in [-0.05, 0) is 31.2 Å². The van der Waals surface area contributed by atoms with Crippen molar-refractivity contribution in [2.45, 2.75) is 25.8 Å². The van der Waals surface area contributed by atoms with Crippen molar-refractivity contribution >= 4 is 0 Å². The van der Waals surface area contributed by atoms with Crippen LogP contribution >= 0.6 is 0 Å². The number of benzene rings is 1. The minimum atomic E-state index is 0.0534. The minimum absolute atomic E-state index is 0.0534. The number of nitrogens with two attached hydrogens (primary N) is 1. The van der Waals surface area contributed by atoms with Crippen LogP contribution in [0, 0.1) is 25.2 Å². The van der Waals surface area contributed by atoms with Crippen LogP contribution in [0.1, 0.15) is 30.0 Å². The zero-order chi connectivity index (χ0) is 13.0. The summed E-state index contributed by atoms with van der Waals surface area (Å²) in [6, 6.07) is 8.51. The van der Waals surface area contributed by atoms with E-state index in [0.717, 1.165) is 19.0 Å². The maximum atomic E-state index is 6.26. The zero-order valence-corrected chi connectivity index (χ0v) is 11.1. The maximum absolute atomic E-state index is 6.26. The fourth-order valence-electron chi connectivity index (χ4n) is 2.20. The van der Waals surface area contributed by atoms with Crippen LogP contribution < -0.4 is 5.73 Å². The van der Waals surface area contributed by atoms with Gasteiger partial charge in [-0.1, -0.05) is 35.7 Å². The van der Waals surface area contributed by atoms with Gasteiger partial charge in [-0.15, -0.1) is 6.42 Å². The molecule has 1 aliphatic rings. The van der Waals surface area contributed by atoms with E-state index in [1.54, 1.807) is 0 Å². The Morgan fingerprint density at radius 1 is 1.39 bits per heavy atom. The van der Waals surface area contributed by atoms with Crippen molar-refractivity contribution in [1.82, 2.24) is 4.90 Å². The van der Waals surface area contributed by atoms with Gasteiger partial charge in [0, 0.05) is 19.1 Å². The van der Waals surface area contributed by atoms with Crippen molar-refractivity contribution in [2.75, 3.05) is 19.6 Å². The average molecular weight is 242 g/mol. The molecule has 2 rings (SSSR count). The van der Waals surface area contributed by atoms with Gasteiger partial charge in [-0.3, -0.25) is 4.90 Å². The number of terminal acetylenes is 1. The van der Waals surface area contributed by atoms with E-state index in [1.807, 2.05) is 0 Å². The first-order valence-corrected chi connectivity index (χ1v) is 6.67. The van der Waals surface area contributed by atoms with Crippen LogP contribution in [0.4, 0.5) is 0 Å². The van der Waals surface area contributed by atoms with Gasteiger partial charge < -0.3 is 5.73 Å². The number of hydrogen-bond acceptors (Lipinski definition) is 2. The molecule has 0 aromatic heterocycles. The Kier molecular flexibility index (Phi) is 4.41. The minimum Gasteiger partial charge on any atom is -0.323 e. The van der Waals surface area contributed by atoms with Gasteiger partial charge in [-0.25, -0.2) is 0 Å². The molecule has 96 valence electrons. The van der Waals surface area contributed by atoms with Crippen LogP contribution in [-0.2, 0) is 0 Å². The highest BCUT2D eigenvalue weighted by molar-refractivity contribution is 5.24. The van der Waals surface area contributed by atoms with Crippen molar-refractivity contribution in [3.8, 4) is 12.3 Å². The molecular formula is C16H22N2. The molecule has 1 fully saturated rings. The highest BCUT2D eigenvalue weighted by Crippen LogP contribution is 2.30. The van der Waals surface area contributed by atoms with Crippen LogP contribution in [0.25, 0.3) is 0 Å². The lowest BCUT2D eigenvalue weighted by molar-refractivity contribution is 0.276. The van der Waals surface area contributed by atoms with Crippen molar-refractivity contribution in [2.24, 2.45) is 11.7 Å². The second kappa shape index (κ2) is 6.04. The first-order chi connectivity index (χ1) is 8.69. The molecule has 0 bridgehead atoms. The van der Waals surface area contributed by atoms with E-state index < -0.39 is 0 Å². The molecule has 0 heterocycles. The molecule has 2 N–H and O–H groups in total. The van der Waals surface area contributed by atoms with Crippen LogP contribution in [0.3, 0.4) is 0 Å². The van der Waals surface area contributed by atoms with Crippen LogP contribution in [0.5, 0.6) is 0 Å². The number of aryl methyl sites for hydroxylation is 1. The summed E-state index contributed by atoms with van der Waals surface area (Å²) in [5.41, 5.74) is 8.72. The predicted molar refractivity (Wildman–Crippen MR) is 76.1 cm³/mol. The average Bonchev–Trinajstić information content (AvgIpc) is 3.14. The molecule has 1 saturated carbocycles. The molecule has 2 nitrogen and oxygen atoms in total. The van der Waals surface area contributed by atoms with Gasteiger partial charge in [0.25, 0.3) is 0 Å². The maximum Gasteiger partial charge on any atom is 0.0599 e. The first kappa shape index (κ1) is 13.1. The molecule has 18 heavy (non-hydrogen) atoms. The summed E-state index contributed by atoms with van der Waals surface area (Å²) in [5.74, 6) is 3.59. The van der Waals surface area contributed by atoms with E-state index in [9.17, 15) is 0 Å². The Bertz CT molecular complexity index is 412. The van der Waals surface area contributed by atoms with E-state index >= 15 is 0 Å². The number of rotatable bonds is 6. The Balaban J connectivity index is 1.92. The third-order valence-electron chi connectivity index (χ3n) is 3.49. The van der Waals surface area contributed by atoms with Crippen molar-refractivity contribution in [3.63, 3.8) is 0 Å². The van der Waals surface area contributed by atoms with Gasteiger partial charge in [-0.2, -0.15) is 0 Å². The molecule has 0 aliphatic heterocycles. The van der Waals surface area contributed by atoms with Crippen LogP contribution in [0.2, 0.25) is 0 Å². The fourth-order valence-corrected chi connectivity index (χ4v) is 2.20. The third kappa shape index (κ3) is 3.87. The second-order valence-corrected chi connectivity index (χ2v) is 5.36. The van der Waals surface area contributed by atoms with Crippen LogP contribution in [-0.4, -0.2) is 24.5 Å². The number of hydrogen-bond donors (Lipinski definition) is 1. The van der Waals surface area contributed by atoms with E-state index in [4.69, 9.17) is 12.2 Å². The Morgan fingerprint density at radius 3 is 2.61 bits per heavy atom. The molecule has 1 atom stereocenters. The Labute approximate surface area is 110 Å². The highest BCUT2D eigenvalue weighted by atomic mass is 15.1. The van der Waals surface area contributed by atoms with Gasteiger partial charge >= 0.3 is 0 Å². The third-order valence-corrected chi connectivity index (χ3v) is 3.49. The zero-order valence-electron chi connectivity index (χ0n) is 11.1. The lowest BCUT2D eigenvalue weighted by Gasteiger charge is -2.24. The van der Waals surface area contributed by atoms with Crippen molar-refractivity contribution in [3.05, 3.63) is 35.4 Å². The summed E-state index contributed by atoms with van der Waals surface area (Å²) < 4.78 is 0. The number of nitrogens with zero attached hydrogens (tertiary/aromatic N) is 1. The molecule has 1 aliphatic carbocycles. The summed E-state index contributed by atoms with van der Waals surface area (Å²) in [6.07, 6.45) is 8.12. The van der Waals surface area contributed by atoms with Gasteiger partial charge in [0.15, 0.2) is 0 Å². The molecule has 1 aromatic carbocycles. The van der Waals surface area contributed by atoms with Crippen molar-refractivity contribution < 1.29 is 0 Å². The standard InChI is InChI=1S/C16H22N2/c1-3-10-18(11-14-6-7-14)12-16(17)15-8-4-13(2)5-9-15/h1,4-5,8-9,14,16H,6-7,10-12,17H2,2H3. The summed E-state index contributed by atoms with van der Waals surface area (Å²) >= 11 is 0. The lowest BCUT2D eigenvalue weighted by atomic mass is 10.1. The molecule has 1 aromatic rings. The Morgan fingerprint density at radius 2 is 2.06 bits per heavy atom. The monoisotopic (exact) mass is 242 g/mol. The van der Waals surface area contributed by atoms with Gasteiger partial charge in [0.1, 0.15) is 0 Å². The summed E-state index contributed by atoms with van der Waals surface area (Å²) in [7, 11) is 0. The predicted octanol–water partition coefficient (Wildman–Crippen LogP) is 2.34. The van der Waals surface area contributed by atoms with E-state index in [0.29, 0.717) is 6.54 Å². The van der Waals surface area contributed by atoms with Gasteiger partial charge in [0.2, 0.25) is 0 Å². The molecular weight excluding hydrogens is 220 g/mol. The smallest absolute Gasteiger partial charge is 0.0599 e. The SMILES string of the molecule is C#CCN(CC1CC1)CC(N)c1ccc(C)cc1. The molecule has 2 heteroatoms. The molecule has 0 saturated heterocycles. The highest BCUT2D eigenvalue weighted by Gasteiger charge is 2.24.